The van der Waals surface area contributed by atoms with Crippen LogP contribution in [0.3, 0.4) is 0 Å². The highest BCUT2D eigenvalue weighted by Gasteiger charge is 2.63. The van der Waals surface area contributed by atoms with E-state index in [1.54, 1.807) is 0 Å². The summed E-state index contributed by atoms with van der Waals surface area (Å²) in [7, 11) is -2.52. The number of aliphatic hydroxyl groups is 2. The van der Waals surface area contributed by atoms with Gasteiger partial charge in [0, 0.05) is 29.0 Å². The first-order valence-corrected chi connectivity index (χ1v) is 10.5. The van der Waals surface area contributed by atoms with Crippen LogP contribution in [0.4, 0.5) is 0 Å². The Morgan fingerprint density at radius 1 is 1.09 bits per heavy atom. The normalized spacial score (nSPS) is 36.4. The van der Waals surface area contributed by atoms with Gasteiger partial charge in [-0.05, 0) is 0 Å². The zero-order valence-electron chi connectivity index (χ0n) is 15.6. The van der Waals surface area contributed by atoms with Crippen molar-refractivity contribution in [1.82, 2.24) is 0 Å². The lowest BCUT2D eigenvalue weighted by atomic mass is 9.91. The van der Waals surface area contributed by atoms with Crippen molar-refractivity contribution >= 4 is 8.56 Å². The van der Waals surface area contributed by atoms with Crippen LogP contribution in [0, 0.1) is 5.92 Å². The number of hydrogen-bond acceptors (Lipinski definition) is 5. The molecule has 2 heterocycles. The minimum absolute atomic E-state index is 0.00347. The summed E-state index contributed by atoms with van der Waals surface area (Å²) in [6, 6.07) is 0. The quantitative estimate of drug-likeness (QED) is 0.752. The Morgan fingerprint density at radius 3 is 2.13 bits per heavy atom. The van der Waals surface area contributed by atoms with E-state index in [0.717, 1.165) is 0 Å². The molecule has 23 heavy (non-hydrogen) atoms. The van der Waals surface area contributed by atoms with Crippen LogP contribution in [-0.2, 0) is 13.6 Å². The Hall–Kier alpha value is 0.0169. The van der Waals surface area contributed by atoms with Crippen LogP contribution in [0.25, 0.3) is 0 Å². The maximum atomic E-state index is 10.4. The lowest BCUT2D eigenvalue weighted by Crippen LogP contribution is -2.67. The highest BCUT2D eigenvalue weighted by atomic mass is 28.4. The zero-order valence-corrected chi connectivity index (χ0v) is 16.6. The molecule has 2 rings (SSSR count). The average molecular weight is 347 g/mol. The second-order valence-corrected chi connectivity index (χ2v) is 13.9. The summed E-state index contributed by atoms with van der Waals surface area (Å²) in [4.78, 5) is 0. The van der Waals surface area contributed by atoms with Crippen molar-refractivity contribution in [2.75, 3.05) is 13.2 Å². The van der Waals surface area contributed by atoms with Crippen molar-refractivity contribution in [2.24, 2.45) is 5.92 Å². The molecule has 0 aromatic rings. The summed E-state index contributed by atoms with van der Waals surface area (Å²) < 4.78 is 19.1. The summed E-state index contributed by atoms with van der Waals surface area (Å²) in [5.74, 6) is -0.0971. The Labute approximate surface area is 141 Å². The highest BCUT2D eigenvalue weighted by molar-refractivity contribution is 6.73. The summed E-state index contributed by atoms with van der Waals surface area (Å²) in [6.45, 7) is 15.5. The lowest BCUT2D eigenvalue weighted by molar-refractivity contribution is -0.213. The van der Waals surface area contributed by atoms with Gasteiger partial charge < -0.3 is 23.8 Å². The Bertz CT molecular complexity index is 400. The molecule has 0 aliphatic carbocycles. The molecule has 2 aliphatic rings. The van der Waals surface area contributed by atoms with Crippen LogP contribution in [-0.4, -0.2) is 56.4 Å². The van der Waals surface area contributed by atoms with E-state index in [1.165, 1.54) is 0 Å². The molecule has 2 saturated heterocycles. The van der Waals surface area contributed by atoms with Crippen molar-refractivity contribution < 1.29 is 23.8 Å². The highest BCUT2D eigenvalue weighted by Crippen LogP contribution is 2.55. The fourth-order valence-electron chi connectivity index (χ4n) is 4.15. The molecule has 0 bridgehead atoms. The molecular weight excluding hydrogens is 312 g/mol. The van der Waals surface area contributed by atoms with E-state index in [1.807, 2.05) is 6.92 Å². The first-order chi connectivity index (χ1) is 10.4. The third-order valence-electron chi connectivity index (χ3n) is 5.19. The molecule has 5 nitrogen and oxygen atoms in total. The van der Waals surface area contributed by atoms with E-state index in [-0.39, 0.29) is 40.9 Å². The molecule has 5 atom stereocenters. The Morgan fingerprint density at radius 2 is 1.65 bits per heavy atom. The van der Waals surface area contributed by atoms with Crippen LogP contribution >= 0.6 is 0 Å². The molecule has 0 saturated carbocycles. The second kappa shape index (κ2) is 6.39. The van der Waals surface area contributed by atoms with E-state index in [0.29, 0.717) is 13.0 Å². The van der Waals surface area contributed by atoms with Gasteiger partial charge in [0.1, 0.15) is 6.10 Å². The molecule has 6 heteroatoms. The van der Waals surface area contributed by atoms with Crippen molar-refractivity contribution in [3.05, 3.63) is 0 Å². The Balaban J connectivity index is 2.22. The average Bonchev–Trinajstić information content (AvgIpc) is 2.42. The van der Waals surface area contributed by atoms with Gasteiger partial charge in [0.15, 0.2) is 0 Å². The largest absolute Gasteiger partial charge is 0.396 e. The number of hydrogen-bond donors (Lipinski definition) is 2. The van der Waals surface area contributed by atoms with Crippen molar-refractivity contribution in [3.63, 3.8) is 0 Å². The van der Waals surface area contributed by atoms with E-state index in [4.69, 9.17) is 13.6 Å². The van der Waals surface area contributed by atoms with E-state index < -0.39 is 14.7 Å². The molecular formula is C17H34O5Si. The minimum atomic E-state index is -2.52. The smallest absolute Gasteiger partial charge is 0.349 e. The van der Waals surface area contributed by atoms with Crippen LogP contribution in [0.5, 0.6) is 0 Å². The Kier molecular flexibility index (Phi) is 5.37. The molecule has 2 N–H and O–H groups in total. The first kappa shape index (κ1) is 19.3. The van der Waals surface area contributed by atoms with Crippen molar-refractivity contribution in [1.29, 1.82) is 0 Å². The third-order valence-corrected chi connectivity index (χ3v) is 10.3. The summed E-state index contributed by atoms with van der Waals surface area (Å²) in [5.41, 5.74) is 0. The van der Waals surface area contributed by atoms with Crippen LogP contribution in [0.2, 0.25) is 10.1 Å². The maximum Gasteiger partial charge on any atom is 0.349 e. The fraction of sp³-hybridized carbons (Fsp3) is 1.00. The summed E-state index contributed by atoms with van der Waals surface area (Å²) >= 11 is 0. The van der Waals surface area contributed by atoms with Gasteiger partial charge in [-0.1, -0.05) is 48.5 Å². The predicted octanol–water partition coefficient (Wildman–Crippen LogP) is 2.59. The van der Waals surface area contributed by atoms with Crippen LogP contribution < -0.4 is 0 Å². The summed E-state index contributed by atoms with van der Waals surface area (Å²) in [5, 5.41) is 19.6. The zero-order chi connectivity index (χ0) is 17.6. The molecule has 0 radical (unpaired) electrons. The monoisotopic (exact) mass is 346 g/mol. The number of fused-ring (bicyclic) bond motifs is 1. The minimum Gasteiger partial charge on any atom is -0.396 e. The van der Waals surface area contributed by atoms with Crippen LogP contribution in [0.1, 0.15) is 54.9 Å². The second-order valence-electron chi connectivity index (χ2n) is 9.19. The first-order valence-electron chi connectivity index (χ1n) is 8.69. The van der Waals surface area contributed by atoms with Crippen LogP contribution in [0.15, 0.2) is 0 Å². The molecule has 136 valence electrons. The number of aliphatic hydroxyl groups excluding tert-OH is 2. The third kappa shape index (κ3) is 3.39. The van der Waals surface area contributed by atoms with Gasteiger partial charge >= 0.3 is 8.56 Å². The number of ether oxygens (including phenoxy) is 1. The van der Waals surface area contributed by atoms with E-state index in [9.17, 15) is 10.2 Å². The van der Waals surface area contributed by atoms with E-state index in [2.05, 4.69) is 41.5 Å². The SMILES string of the molecule is C[C@H](CO)[C@@H]1O[C@@H]2CO[Si](C(C)(C)C)(C(C)(C)C)O[C@@H]2C[C@@H]1O. The van der Waals surface area contributed by atoms with Gasteiger partial charge in [0.2, 0.25) is 0 Å². The van der Waals surface area contributed by atoms with Gasteiger partial charge in [0.25, 0.3) is 0 Å². The summed E-state index contributed by atoms with van der Waals surface area (Å²) in [6.07, 6.45) is -0.715. The predicted molar refractivity (Wildman–Crippen MR) is 91.5 cm³/mol. The molecule has 0 amide bonds. The number of rotatable bonds is 2. The maximum absolute atomic E-state index is 10.4. The fourth-order valence-corrected chi connectivity index (χ4v) is 9.11. The van der Waals surface area contributed by atoms with Gasteiger partial charge in [-0.3, -0.25) is 0 Å². The molecule has 0 aromatic carbocycles. The van der Waals surface area contributed by atoms with Gasteiger partial charge in [0.05, 0.1) is 24.9 Å². The molecule has 0 unspecified atom stereocenters. The molecule has 0 spiro atoms. The molecule has 0 aromatic heterocycles. The molecule has 2 fully saturated rings. The van der Waals surface area contributed by atoms with Crippen molar-refractivity contribution in [2.45, 2.75) is 89.4 Å². The standard InChI is InChI=1S/C17H34O5Si/c1-11(9-18)15-12(19)8-13-14(21-15)10-20-23(22-13,16(2,3)4)17(5,6)7/h11-15,18-19H,8-10H2,1-7H3/t11-,12+,13-,14-,15+/m1/s1. The van der Waals surface area contributed by atoms with Gasteiger partial charge in [-0.25, -0.2) is 0 Å². The lowest BCUT2D eigenvalue weighted by Gasteiger charge is -2.56. The van der Waals surface area contributed by atoms with Gasteiger partial charge in [-0.2, -0.15) is 0 Å². The molecule has 2 aliphatic heterocycles. The topological polar surface area (TPSA) is 68.2 Å². The van der Waals surface area contributed by atoms with E-state index >= 15 is 0 Å². The van der Waals surface area contributed by atoms with Crippen molar-refractivity contribution in [3.8, 4) is 0 Å². The van der Waals surface area contributed by atoms with Gasteiger partial charge in [-0.15, -0.1) is 0 Å².